The summed E-state index contributed by atoms with van der Waals surface area (Å²) in [5, 5.41) is 15.3. The van der Waals surface area contributed by atoms with Gasteiger partial charge in [-0.15, -0.1) is 0 Å². The molecule has 0 atom stereocenters. The van der Waals surface area contributed by atoms with Crippen LogP contribution in [0.3, 0.4) is 0 Å². The molecule has 0 radical (unpaired) electrons. The molecule has 8 heteroatoms. The molecule has 0 fully saturated rings. The van der Waals surface area contributed by atoms with Gasteiger partial charge in [0.25, 0.3) is 0 Å². The quantitative estimate of drug-likeness (QED) is 0.266. The van der Waals surface area contributed by atoms with Crippen LogP contribution in [0.2, 0.25) is 0 Å². The molecule has 0 unspecified atom stereocenters. The summed E-state index contributed by atoms with van der Waals surface area (Å²) >= 11 is 0. The number of aryl methyl sites for hydroxylation is 1. The van der Waals surface area contributed by atoms with Crippen molar-refractivity contribution in [1.29, 1.82) is 0 Å². The van der Waals surface area contributed by atoms with E-state index in [4.69, 9.17) is 9.15 Å². The van der Waals surface area contributed by atoms with E-state index in [1.807, 2.05) is 0 Å². The molecule has 0 bridgehead atoms. The minimum Gasteiger partial charge on any atom is -0.496 e. The van der Waals surface area contributed by atoms with Crippen molar-refractivity contribution >= 4 is 17.5 Å². The Bertz CT molecular complexity index is 1060. The fourth-order valence-electron chi connectivity index (χ4n) is 2.92. The molecule has 3 rings (SSSR count). The van der Waals surface area contributed by atoms with Crippen molar-refractivity contribution in [2.24, 2.45) is 0 Å². The standard InChI is InChI=1S/C20H19N3O5/c1-13-20(23(25)26)14(2)22(21-13)12-16-9-8-15(28-16)10-11-18(24)17-6-4-5-7-19(17)27-3/h4-11H,12H2,1-3H3/b11-10+. The Kier molecular flexibility index (Phi) is 5.39. The number of hydrogen-bond donors (Lipinski definition) is 0. The third kappa shape index (κ3) is 3.85. The van der Waals surface area contributed by atoms with Crippen molar-refractivity contribution in [3.8, 4) is 5.75 Å². The van der Waals surface area contributed by atoms with Gasteiger partial charge in [-0.25, -0.2) is 0 Å². The summed E-state index contributed by atoms with van der Waals surface area (Å²) in [6, 6.07) is 10.4. The lowest BCUT2D eigenvalue weighted by atomic mass is 10.1. The first-order valence-corrected chi connectivity index (χ1v) is 8.53. The molecule has 0 spiro atoms. The highest BCUT2D eigenvalue weighted by Gasteiger charge is 2.22. The van der Waals surface area contributed by atoms with Gasteiger partial charge >= 0.3 is 5.69 Å². The highest BCUT2D eigenvalue weighted by molar-refractivity contribution is 6.08. The molecule has 2 heterocycles. The van der Waals surface area contributed by atoms with Crippen molar-refractivity contribution in [3.63, 3.8) is 0 Å². The van der Waals surface area contributed by atoms with Crippen molar-refractivity contribution in [3.05, 3.63) is 81.1 Å². The molecule has 8 nitrogen and oxygen atoms in total. The zero-order chi connectivity index (χ0) is 20.3. The van der Waals surface area contributed by atoms with Crippen molar-refractivity contribution in [1.82, 2.24) is 9.78 Å². The Hall–Kier alpha value is -3.68. The highest BCUT2D eigenvalue weighted by atomic mass is 16.6. The number of ketones is 1. The van der Waals surface area contributed by atoms with Crippen molar-refractivity contribution in [2.45, 2.75) is 20.4 Å². The number of benzene rings is 1. The molecule has 0 N–H and O–H groups in total. The molecule has 2 aromatic heterocycles. The smallest absolute Gasteiger partial charge is 0.312 e. The van der Waals surface area contributed by atoms with E-state index < -0.39 is 4.92 Å². The van der Waals surface area contributed by atoms with E-state index in [1.165, 1.54) is 17.9 Å². The Balaban J connectivity index is 1.74. The van der Waals surface area contributed by atoms with Gasteiger partial charge in [-0.05, 0) is 50.3 Å². The Morgan fingerprint density at radius 3 is 2.71 bits per heavy atom. The third-order valence-corrected chi connectivity index (χ3v) is 4.29. The number of hydrogen-bond acceptors (Lipinski definition) is 6. The first-order valence-electron chi connectivity index (χ1n) is 8.53. The summed E-state index contributed by atoms with van der Waals surface area (Å²) in [6.45, 7) is 3.50. The number of ether oxygens (including phenoxy) is 1. The van der Waals surface area contributed by atoms with Crippen LogP contribution in [-0.2, 0) is 6.54 Å². The van der Waals surface area contributed by atoms with Crippen LogP contribution in [0.15, 0.2) is 46.9 Å². The first-order chi connectivity index (χ1) is 13.4. The molecule has 0 aliphatic carbocycles. The van der Waals surface area contributed by atoms with Gasteiger partial charge in [0.15, 0.2) is 5.78 Å². The average Bonchev–Trinajstić information content (AvgIpc) is 3.23. The van der Waals surface area contributed by atoms with Gasteiger partial charge in [-0.1, -0.05) is 12.1 Å². The van der Waals surface area contributed by atoms with Crippen molar-refractivity contribution < 1.29 is 18.9 Å². The van der Waals surface area contributed by atoms with E-state index in [-0.39, 0.29) is 18.0 Å². The summed E-state index contributed by atoms with van der Waals surface area (Å²) in [7, 11) is 1.51. The van der Waals surface area contributed by atoms with E-state index in [0.29, 0.717) is 34.2 Å². The maximum atomic E-state index is 12.4. The van der Waals surface area contributed by atoms with E-state index >= 15 is 0 Å². The zero-order valence-corrected chi connectivity index (χ0v) is 15.7. The third-order valence-electron chi connectivity index (χ3n) is 4.29. The predicted octanol–water partition coefficient (Wildman–Crippen LogP) is 3.95. The lowest BCUT2D eigenvalue weighted by molar-refractivity contribution is -0.386. The molecule has 0 saturated heterocycles. The molecule has 144 valence electrons. The number of methoxy groups -OCH3 is 1. The minimum absolute atomic E-state index is 0.00841. The molecule has 0 aliphatic heterocycles. The maximum Gasteiger partial charge on any atom is 0.312 e. The summed E-state index contributed by atoms with van der Waals surface area (Å²) in [6.07, 6.45) is 2.98. The normalized spacial score (nSPS) is 11.1. The van der Waals surface area contributed by atoms with Crippen LogP contribution in [-0.4, -0.2) is 27.6 Å². The summed E-state index contributed by atoms with van der Waals surface area (Å²) in [4.78, 5) is 23.0. The number of carbonyl (C=O) groups excluding carboxylic acids is 1. The fraction of sp³-hybridized carbons (Fsp3) is 0.200. The van der Waals surface area contributed by atoms with E-state index in [1.54, 1.807) is 56.3 Å². The number of nitro groups is 1. The fourth-order valence-corrected chi connectivity index (χ4v) is 2.92. The van der Waals surface area contributed by atoms with E-state index in [0.717, 1.165) is 0 Å². The Morgan fingerprint density at radius 1 is 1.29 bits per heavy atom. The molecule has 28 heavy (non-hydrogen) atoms. The second kappa shape index (κ2) is 7.91. The Labute approximate surface area is 161 Å². The Morgan fingerprint density at radius 2 is 2.04 bits per heavy atom. The number of allylic oxidation sites excluding steroid dienone is 1. The average molecular weight is 381 g/mol. The molecule has 0 amide bonds. The topological polar surface area (TPSA) is 100 Å². The number of carbonyl (C=O) groups is 1. The van der Waals surface area contributed by atoms with Gasteiger partial charge in [-0.2, -0.15) is 5.10 Å². The van der Waals surface area contributed by atoms with Gasteiger partial charge in [0, 0.05) is 0 Å². The lowest BCUT2D eigenvalue weighted by Crippen LogP contribution is -2.03. The first kappa shape index (κ1) is 19.1. The van der Waals surface area contributed by atoms with Crippen LogP contribution in [0.4, 0.5) is 5.69 Å². The van der Waals surface area contributed by atoms with Gasteiger partial charge in [0.1, 0.15) is 28.7 Å². The van der Waals surface area contributed by atoms with E-state index in [2.05, 4.69) is 5.10 Å². The van der Waals surface area contributed by atoms with Crippen LogP contribution in [0, 0.1) is 24.0 Å². The number of rotatable bonds is 7. The SMILES string of the molecule is COc1ccccc1C(=O)/C=C/c1ccc(Cn2nc(C)c([N+](=O)[O-])c2C)o1. The van der Waals surface area contributed by atoms with Gasteiger partial charge in [0.2, 0.25) is 0 Å². The second-order valence-corrected chi connectivity index (χ2v) is 6.14. The number of furan rings is 1. The summed E-state index contributed by atoms with van der Waals surface area (Å²) in [5.74, 6) is 1.37. The lowest BCUT2D eigenvalue weighted by Gasteiger charge is -2.04. The number of aromatic nitrogens is 2. The molecule has 0 aliphatic rings. The van der Waals surface area contributed by atoms with Gasteiger partial charge in [0.05, 0.1) is 24.1 Å². The molecule has 1 aromatic carbocycles. The van der Waals surface area contributed by atoms with Gasteiger partial charge < -0.3 is 9.15 Å². The predicted molar refractivity (Wildman–Crippen MR) is 103 cm³/mol. The molecule has 3 aromatic rings. The monoisotopic (exact) mass is 381 g/mol. The zero-order valence-electron chi connectivity index (χ0n) is 15.7. The van der Waals surface area contributed by atoms with Crippen LogP contribution in [0.1, 0.15) is 33.3 Å². The van der Waals surface area contributed by atoms with Crippen LogP contribution in [0.25, 0.3) is 6.08 Å². The van der Waals surface area contributed by atoms with Crippen LogP contribution >= 0.6 is 0 Å². The molecular formula is C20H19N3O5. The maximum absolute atomic E-state index is 12.4. The molecular weight excluding hydrogens is 362 g/mol. The second-order valence-electron chi connectivity index (χ2n) is 6.14. The summed E-state index contributed by atoms with van der Waals surface area (Å²) < 4.78 is 12.4. The minimum atomic E-state index is -0.437. The van der Waals surface area contributed by atoms with Crippen molar-refractivity contribution in [2.75, 3.05) is 7.11 Å². The van der Waals surface area contributed by atoms with E-state index in [9.17, 15) is 14.9 Å². The van der Waals surface area contributed by atoms with Crippen LogP contribution < -0.4 is 4.74 Å². The number of para-hydroxylation sites is 1. The largest absolute Gasteiger partial charge is 0.496 e. The summed E-state index contributed by atoms with van der Waals surface area (Å²) in [5.41, 5.74) is 1.29. The number of nitrogens with zero attached hydrogens (tertiary/aromatic N) is 3. The van der Waals surface area contributed by atoms with Crippen LogP contribution in [0.5, 0.6) is 5.75 Å². The molecule has 0 saturated carbocycles. The van der Waals surface area contributed by atoms with Gasteiger partial charge in [-0.3, -0.25) is 19.6 Å². The highest BCUT2D eigenvalue weighted by Crippen LogP contribution is 2.23.